The summed E-state index contributed by atoms with van der Waals surface area (Å²) in [5, 5.41) is 4.68. The molecule has 6 heteroatoms. The highest BCUT2D eigenvalue weighted by Crippen LogP contribution is 2.23. The molecular weight excluding hydrogens is 270 g/mol. The van der Waals surface area contributed by atoms with Gasteiger partial charge in [-0.2, -0.15) is 0 Å². The fourth-order valence-corrected chi connectivity index (χ4v) is 1.69. The lowest BCUT2D eigenvalue weighted by atomic mass is 10.1. The molecule has 0 bridgehead atoms. The number of nitrogen functional groups attached to an aromatic ring is 1. The first-order chi connectivity index (χ1) is 9.97. The number of allylic oxidation sites excluding steroid dienone is 1. The van der Waals surface area contributed by atoms with E-state index >= 15 is 0 Å². The van der Waals surface area contributed by atoms with Crippen LogP contribution in [0.15, 0.2) is 30.9 Å². The van der Waals surface area contributed by atoms with Gasteiger partial charge in [-0.05, 0) is 44.0 Å². The molecule has 114 valence electrons. The monoisotopic (exact) mass is 291 g/mol. The van der Waals surface area contributed by atoms with Crippen molar-refractivity contribution in [2.75, 3.05) is 12.3 Å². The Hall–Kier alpha value is -2.50. The van der Waals surface area contributed by atoms with Gasteiger partial charge >= 0.3 is 6.03 Å². The number of amides is 3. The molecule has 0 heterocycles. The van der Waals surface area contributed by atoms with Gasteiger partial charge in [-0.1, -0.05) is 6.08 Å². The van der Waals surface area contributed by atoms with Gasteiger partial charge in [0.15, 0.2) is 6.10 Å². The smallest absolute Gasteiger partial charge is 0.321 e. The first-order valence-corrected chi connectivity index (χ1v) is 6.72. The summed E-state index contributed by atoms with van der Waals surface area (Å²) >= 11 is 0. The molecule has 0 radical (unpaired) electrons. The van der Waals surface area contributed by atoms with Gasteiger partial charge in [0.05, 0.1) is 0 Å². The van der Waals surface area contributed by atoms with Crippen molar-refractivity contribution in [3.63, 3.8) is 0 Å². The maximum absolute atomic E-state index is 11.8. The van der Waals surface area contributed by atoms with Crippen LogP contribution in [-0.4, -0.2) is 24.6 Å². The van der Waals surface area contributed by atoms with E-state index in [1.165, 1.54) is 0 Å². The van der Waals surface area contributed by atoms with Crippen molar-refractivity contribution in [2.45, 2.75) is 26.4 Å². The number of benzene rings is 1. The second-order valence-corrected chi connectivity index (χ2v) is 4.47. The summed E-state index contributed by atoms with van der Waals surface area (Å²) < 4.78 is 5.60. The molecule has 0 spiro atoms. The van der Waals surface area contributed by atoms with E-state index < -0.39 is 18.0 Å². The Morgan fingerprint density at radius 2 is 2.19 bits per heavy atom. The molecule has 21 heavy (non-hydrogen) atoms. The molecule has 1 aromatic carbocycles. The molecule has 1 rings (SSSR count). The largest absolute Gasteiger partial charge is 0.481 e. The van der Waals surface area contributed by atoms with E-state index in [0.717, 1.165) is 5.56 Å². The quantitative estimate of drug-likeness (QED) is 0.548. The summed E-state index contributed by atoms with van der Waals surface area (Å²) in [4.78, 5) is 23.1. The van der Waals surface area contributed by atoms with Gasteiger partial charge in [0.25, 0.3) is 5.91 Å². The average molecular weight is 291 g/mol. The van der Waals surface area contributed by atoms with Crippen LogP contribution < -0.4 is 21.1 Å². The van der Waals surface area contributed by atoms with Gasteiger partial charge in [0.2, 0.25) is 0 Å². The number of ether oxygens (including phenoxy) is 1. The van der Waals surface area contributed by atoms with Crippen LogP contribution in [0, 0.1) is 0 Å². The molecule has 0 saturated heterocycles. The second kappa shape index (κ2) is 7.94. The van der Waals surface area contributed by atoms with Crippen LogP contribution in [0.1, 0.15) is 19.4 Å². The molecule has 0 aliphatic heterocycles. The summed E-state index contributed by atoms with van der Waals surface area (Å²) in [7, 11) is 0. The Labute approximate surface area is 124 Å². The number of carbonyl (C=O) groups excluding carboxylic acids is 2. The number of anilines is 1. The number of hydrogen-bond acceptors (Lipinski definition) is 4. The van der Waals surface area contributed by atoms with E-state index in [1.807, 2.05) is 0 Å². The van der Waals surface area contributed by atoms with Crippen molar-refractivity contribution in [1.82, 2.24) is 10.6 Å². The lowest BCUT2D eigenvalue weighted by Crippen LogP contribution is -2.45. The number of nitrogens with one attached hydrogen (secondary N) is 2. The third-order valence-corrected chi connectivity index (χ3v) is 2.70. The van der Waals surface area contributed by atoms with E-state index in [1.54, 1.807) is 38.1 Å². The lowest BCUT2D eigenvalue weighted by Gasteiger charge is -2.17. The van der Waals surface area contributed by atoms with Crippen molar-refractivity contribution in [3.8, 4) is 5.75 Å². The molecular formula is C15H21N3O3. The van der Waals surface area contributed by atoms with Crippen LogP contribution in [0.4, 0.5) is 10.5 Å². The number of urea groups is 1. The highest BCUT2D eigenvalue weighted by molar-refractivity contribution is 5.96. The minimum atomic E-state index is -0.806. The average Bonchev–Trinajstić information content (AvgIpc) is 2.42. The lowest BCUT2D eigenvalue weighted by molar-refractivity contribution is -0.126. The Balaban J connectivity index is 2.73. The predicted molar refractivity (Wildman–Crippen MR) is 82.1 cm³/mol. The molecule has 3 amide bonds. The zero-order chi connectivity index (χ0) is 15.8. The Kier molecular flexibility index (Phi) is 6.26. The third kappa shape index (κ3) is 5.18. The number of carbonyl (C=O) groups is 2. The maximum atomic E-state index is 11.8. The summed E-state index contributed by atoms with van der Waals surface area (Å²) in [5.41, 5.74) is 7.17. The standard InChI is InChI=1S/C15H21N3O3/c1-4-6-11-9-12(16)7-8-13(11)21-10(3)14(19)18-15(20)17-5-2/h4,7-10H,1,5-6,16H2,2-3H3,(H2,17,18,19,20). The molecule has 0 saturated carbocycles. The first-order valence-electron chi connectivity index (χ1n) is 6.72. The first kappa shape index (κ1) is 16.6. The number of nitrogens with two attached hydrogens (primary N) is 1. The van der Waals surface area contributed by atoms with Crippen molar-refractivity contribution in [2.24, 2.45) is 0 Å². The highest BCUT2D eigenvalue weighted by atomic mass is 16.5. The summed E-state index contributed by atoms with van der Waals surface area (Å²) in [6, 6.07) is 4.62. The predicted octanol–water partition coefficient (Wildman–Crippen LogP) is 1.61. The molecule has 0 fully saturated rings. The second-order valence-electron chi connectivity index (χ2n) is 4.47. The van der Waals surface area contributed by atoms with Crippen molar-refractivity contribution >= 4 is 17.6 Å². The van der Waals surface area contributed by atoms with Crippen molar-refractivity contribution in [1.29, 1.82) is 0 Å². The minimum Gasteiger partial charge on any atom is -0.481 e. The molecule has 1 aromatic rings. The molecule has 0 aliphatic rings. The zero-order valence-electron chi connectivity index (χ0n) is 12.3. The molecule has 1 atom stereocenters. The highest BCUT2D eigenvalue weighted by Gasteiger charge is 2.18. The summed E-state index contributed by atoms with van der Waals surface area (Å²) in [6.45, 7) is 7.45. The number of imide groups is 1. The van der Waals surface area contributed by atoms with Gasteiger partial charge in [-0.15, -0.1) is 6.58 Å². The Morgan fingerprint density at radius 1 is 1.48 bits per heavy atom. The third-order valence-electron chi connectivity index (χ3n) is 2.70. The van der Waals surface area contributed by atoms with Gasteiger partial charge in [0, 0.05) is 12.2 Å². The summed E-state index contributed by atoms with van der Waals surface area (Å²) in [6.07, 6.45) is 1.49. The van der Waals surface area contributed by atoms with Crippen LogP contribution in [0.25, 0.3) is 0 Å². The normalized spacial score (nSPS) is 11.3. The summed E-state index contributed by atoms with van der Waals surface area (Å²) in [5.74, 6) is 0.0324. The van der Waals surface area contributed by atoms with Crippen LogP contribution in [0.5, 0.6) is 5.75 Å². The SMILES string of the molecule is C=CCc1cc(N)ccc1OC(C)C(=O)NC(=O)NCC. The van der Waals surface area contributed by atoms with Crippen LogP contribution in [0.3, 0.4) is 0 Å². The Bertz CT molecular complexity index is 529. The van der Waals surface area contributed by atoms with E-state index in [0.29, 0.717) is 24.4 Å². The fraction of sp³-hybridized carbons (Fsp3) is 0.333. The number of hydrogen-bond donors (Lipinski definition) is 3. The van der Waals surface area contributed by atoms with Crippen LogP contribution >= 0.6 is 0 Å². The molecule has 4 N–H and O–H groups in total. The molecule has 1 unspecified atom stereocenters. The van der Waals surface area contributed by atoms with E-state index in [4.69, 9.17) is 10.5 Å². The van der Waals surface area contributed by atoms with Gasteiger partial charge in [-0.25, -0.2) is 4.79 Å². The van der Waals surface area contributed by atoms with Gasteiger partial charge < -0.3 is 15.8 Å². The Morgan fingerprint density at radius 3 is 2.81 bits per heavy atom. The molecule has 0 aromatic heterocycles. The van der Waals surface area contributed by atoms with E-state index in [2.05, 4.69) is 17.2 Å². The van der Waals surface area contributed by atoms with E-state index in [-0.39, 0.29) is 0 Å². The number of rotatable bonds is 6. The van der Waals surface area contributed by atoms with Gasteiger partial charge in [-0.3, -0.25) is 10.1 Å². The maximum Gasteiger partial charge on any atom is 0.321 e. The van der Waals surface area contributed by atoms with E-state index in [9.17, 15) is 9.59 Å². The molecule has 6 nitrogen and oxygen atoms in total. The van der Waals surface area contributed by atoms with Gasteiger partial charge in [0.1, 0.15) is 5.75 Å². The fourth-order valence-electron chi connectivity index (χ4n) is 1.69. The van der Waals surface area contributed by atoms with Crippen molar-refractivity contribution < 1.29 is 14.3 Å². The zero-order valence-corrected chi connectivity index (χ0v) is 12.3. The van der Waals surface area contributed by atoms with Crippen LogP contribution in [-0.2, 0) is 11.2 Å². The van der Waals surface area contributed by atoms with Crippen LogP contribution in [0.2, 0.25) is 0 Å². The molecule has 0 aliphatic carbocycles. The minimum absolute atomic E-state index is 0.440. The topological polar surface area (TPSA) is 93.4 Å². The van der Waals surface area contributed by atoms with Crippen molar-refractivity contribution in [3.05, 3.63) is 36.4 Å².